The van der Waals surface area contributed by atoms with E-state index in [-0.39, 0.29) is 12.5 Å². The second-order valence-electron chi connectivity index (χ2n) is 3.29. The van der Waals surface area contributed by atoms with Gasteiger partial charge in [0.15, 0.2) is 0 Å². The predicted octanol–water partition coefficient (Wildman–Crippen LogP) is -0.0734. The second-order valence-corrected chi connectivity index (χ2v) is 3.29. The highest BCUT2D eigenvalue weighted by Gasteiger charge is 2.05. The highest BCUT2D eigenvalue weighted by Crippen LogP contribution is 1.93. The quantitative estimate of drug-likeness (QED) is 0.533. The van der Waals surface area contributed by atoms with Gasteiger partial charge < -0.3 is 19.9 Å². The summed E-state index contributed by atoms with van der Waals surface area (Å²) < 4.78 is 9.77. The van der Waals surface area contributed by atoms with Gasteiger partial charge in [0, 0.05) is 13.7 Å². The Hall–Kier alpha value is -0.650. The number of hydrogen-bond acceptors (Lipinski definition) is 4. The van der Waals surface area contributed by atoms with Crippen molar-refractivity contribution in [3.8, 4) is 0 Å². The van der Waals surface area contributed by atoms with Crippen LogP contribution in [0.4, 0.5) is 0 Å². The molecular weight excluding hydrogens is 198 g/mol. The Morgan fingerprint density at radius 3 is 2.80 bits per heavy atom. The number of methoxy groups -OCH3 is 1. The van der Waals surface area contributed by atoms with E-state index in [1.54, 1.807) is 7.11 Å². The zero-order chi connectivity index (χ0) is 11.5. The van der Waals surface area contributed by atoms with Gasteiger partial charge in [-0.3, -0.25) is 4.79 Å². The van der Waals surface area contributed by atoms with Crippen molar-refractivity contribution >= 4 is 5.91 Å². The summed E-state index contributed by atoms with van der Waals surface area (Å²) in [5, 5.41) is 11.9. The maximum atomic E-state index is 11.1. The monoisotopic (exact) mass is 219 g/mol. The fraction of sp³-hybridized carbons (Fsp3) is 0.900. The van der Waals surface area contributed by atoms with E-state index in [2.05, 4.69) is 5.32 Å². The van der Waals surface area contributed by atoms with Crippen molar-refractivity contribution in [2.45, 2.75) is 25.9 Å². The van der Waals surface area contributed by atoms with E-state index in [9.17, 15) is 9.90 Å². The van der Waals surface area contributed by atoms with Gasteiger partial charge in [0.05, 0.1) is 19.3 Å². The number of amides is 1. The lowest BCUT2D eigenvalue weighted by molar-refractivity contribution is -0.126. The van der Waals surface area contributed by atoms with E-state index in [1.807, 2.05) is 6.92 Å². The third-order valence-electron chi connectivity index (χ3n) is 1.82. The highest BCUT2D eigenvalue weighted by atomic mass is 16.5. The summed E-state index contributed by atoms with van der Waals surface area (Å²) >= 11 is 0. The van der Waals surface area contributed by atoms with Crippen molar-refractivity contribution in [2.24, 2.45) is 0 Å². The molecule has 0 bridgehead atoms. The van der Waals surface area contributed by atoms with Crippen LogP contribution in [0.3, 0.4) is 0 Å². The van der Waals surface area contributed by atoms with Gasteiger partial charge in [0.25, 0.3) is 0 Å². The van der Waals surface area contributed by atoms with Crippen LogP contribution < -0.4 is 5.32 Å². The Balaban J connectivity index is 3.32. The Kier molecular flexibility index (Phi) is 9.46. The SMILES string of the molecule is CCCC(O)CNC(=O)COCCOC. The van der Waals surface area contributed by atoms with Crippen molar-refractivity contribution < 1.29 is 19.4 Å². The summed E-state index contributed by atoms with van der Waals surface area (Å²) in [6.45, 7) is 3.18. The lowest BCUT2D eigenvalue weighted by atomic mass is 10.2. The van der Waals surface area contributed by atoms with Crippen LogP contribution in [-0.2, 0) is 14.3 Å². The van der Waals surface area contributed by atoms with Crippen molar-refractivity contribution in [3.05, 3.63) is 0 Å². The zero-order valence-corrected chi connectivity index (χ0v) is 9.49. The molecule has 0 saturated heterocycles. The lowest BCUT2D eigenvalue weighted by Gasteiger charge is -2.10. The van der Waals surface area contributed by atoms with Crippen LogP contribution in [0.15, 0.2) is 0 Å². The van der Waals surface area contributed by atoms with E-state index in [4.69, 9.17) is 9.47 Å². The fourth-order valence-corrected chi connectivity index (χ4v) is 1.03. The van der Waals surface area contributed by atoms with E-state index in [1.165, 1.54) is 0 Å². The molecule has 90 valence electrons. The van der Waals surface area contributed by atoms with Gasteiger partial charge in [0.2, 0.25) is 5.91 Å². The normalized spacial score (nSPS) is 12.5. The molecule has 0 aliphatic rings. The van der Waals surface area contributed by atoms with Gasteiger partial charge in [-0.2, -0.15) is 0 Å². The minimum atomic E-state index is -0.460. The first kappa shape index (κ1) is 14.3. The van der Waals surface area contributed by atoms with Gasteiger partial charge in [-0.1, -0.05) is 13.3 Å². The number of hydrogen-bond donors (Lipinski definition) is 2. The van der Waals surface area contributed by atoms with E-state index in [0.29, 0.717) is 26.2 Å². The summed E-state index contributed by atoms with van der Waals surface area (Å²) in [5.74, 6) is -0.207. The third kappa shape index (κ3) is 9.65. The van der Waals surface area contributed by atoms with Gasteiger partial charge in [-0.15, -0.1) is 0 Å². The van der Waals surface area contributed by atoms with Crippen molar-refractivity contribution in [2.75, 3.05) is 33.5 Å². The predicted molar refractivity (Wildman–Crippen MR) is 56.6 cm³/mol. The number of ether oxygens (including phenoxy) is 2. The van der Waals surface area contributed by atoms with Crippen LogP contribution in [0.2, 0.25) is 0 Å². The summed E-state index contributed by atoms with van der Waals surface area (Å²) in [5.41, 5.74) is 0. The van der Waals surface area contributed by atoms with Crippen LogP contribution in [0.1, 0.15) is 19.8 Å². The minimum absolute atomic E-state index is 0.0161. The molecule has 0 spiro atoms. The van der Waals surface area contributed by atoms with Gasteiger partial charge in [-0.05, 0) is 6.42 Å². The molecule has 0 aromatic carbocycles. The maximum Gasteiger partial charge on any atom is 0.246 e. The molecule has 0 heterocycles. The number of nitrogens with one attached hydrogen (secondary N) is 1. The Labute approximate surface area is 90.8 Å². The van der Waals surface area contributed by atoms with Crippen molar-refractivity contribution in [1.82, 2.24) is 5.32 Å². The van der Waals surface area contributed by atoms with Gasteiger partial charge in [-0.25, -0.2) is 0 Å². The molecule has 0 fully saturated rings. The minimum Gasteiger partial charge on any atom is -0.391 e. The largest absolute Gasteiger partial charge is 0.391 e. The molecular formula is C10H21NO4. The molecule has 2 N–H and O–H groups in total. The Bertz CT molecular complexity index is 164. The first-order valence-corrected chi connectivity index (χ1v) is 5.22. The van der Waals surface area contributed by atoms with Crippen molar-refractivity contribution in [1.29, 1.82) is 0 Å². The van der Waals surface area contributed by atoms with E-state index < -0.39 is 6.10 Å². The van der Waals surface area contributed by atoms with Gasteiger partial charge >= 0.3 is 0 Å². The molecule has 0 rings (SSSR count). The van der Waals surface area contributed by atoms with Crippen LogP contribution in [0.25, 0.3) is 0 Å². The number of rotatable bonds is 9. The van der Waals surface area contributed by atoms with E-state index >= 15 is 0 Å². The molecule has 0 saturated carbocycles. The number of carbonyl (C=O) groups is 1. The standard InChI is InChI=1S/C10H21NO4/c1-3-4-9(12)7-11-10(13)8-15-6-5-14-2/h9,12H,3-8H2,1-2H3,(H,11,13). The summed E-state index contributed by atoms with van der Waals surface area (Å²) in [6, 6.07) is 0. The number of carbonyl (C=O) groups excluding carboxylic acids is 1. The van der Waals surface area contributed by atoms with Gasteiger partial charge in [0.1, 0.15) is 6.61 Å². The average Bonchev–Trinajstić information content (AvgIpc) is 2.22. The summed E-state index contributed by atoms with van der Waals surface area (Å²) in [7, 11) is 1.57. The molecule has 5 heteroatoms. The van der Waals surface area contributed by atoms with Crippen LogP contribution in [0, 0.1) is 0 Å². The molecule has 1 atom stereocenters. The van der Waals surface area contributed by atoms with Crippen LogP contribution >= 0.6 is 0 Å². The molecule has 0 aromatic rings. The molecule has 5 nitrogen and oxygen atoms in total. The average molecular weight is 219 g/mol. The zero-order valence-electron chi connectivity index (χ0n) is 9.49. The first-order valence-electron chi connectivity index (χ1n) is 5.22. The number of aliphatic hydroxyl groups is 1. The topological polar surface area (TPSA) is 67.8 Å². The first-order chi connectivity index (χ1) is 7.20. The third-order valence-corrected chi connectivity index (χ3v) is 1.82. The smallest absolute Gasteiger partial charge is 0.246 e. The van der Waals surface area contributed by atoms with Crippen LogP contribution in [-0.4, -0.2) is 50.6 Å². The summed E-state index contributed by atoms with van der Waals surface area (Å²) in [4.78, 5) is 11.1. The Morgan fingerprint density at radius 2 is 2.20 bits per heavy atom. The molecule has 0 aliphatic heterocycles. The van der Waals surface area contributed by atoms with Crippen LogP contribution in [0.5, 0.6) is 0 Å². The molecule has 0 aliphatic carbocycles. The van der Waals surface area contributed by atoms with E-state index in [0.717, 1.165) is 6.42 Å². The van der Waals surface area contributed by atoms with Crippen molar-refractivity contribution in [3.63, 3.8) is 0 Å². The molecule has 15 heavy (non-hydrogen) atoms. The maximum absolute atomic E-state index is 11.1. The fourth-order valence-electron chi connectivity index (χ4n) is 1.03. The lowest BCUT2D eigenvalue weighted by Crippen LogP contribution is -2.34. The number of aliphatic hydroxyl groups excluding tert-OH is 1. The highest BCUT2D eigenvalue weighted by molar-refractivity contribution is 5.77. The molecule has 0 radical (unpaired) electrons. The molecule has 0 aromatic heterocycles. The summed E-state index contributed by atoms with van der Waals surface area (Å²) in [6.07, 6.45) is 1.14. The Morgan fingerprint density at radius 1 is 1.47 bits per heavy atom. The second kappa shape index (κ2) is 9.89. The molecule has 1 unspecified atom stereocenters. The molecule has 1 amide bonds.